The Kier molecular flexibility index (Phi) is 5.25. The van der Waals surface area contributed by atoms with Gasteiger partial charge in [0.05, 0.1) is 6.26 Å². The van der Waals surface area contributed by atoms with Gasteiger partial charge in [0.1, 0.15) is 0 Å². The molecule has 3 heterocycles. The maximum atomic E-state index is 12.6. The summed E-state index contributed by atoms with van der Waals surface area (Å²) in [5.41, 5.74) is 2.75. The number of carbonyl (C=O) groups is 1. The van der Waals surface area contributed by atoms with Crippen LogP contribution < -0.4 is 0 Å². The summed E-state index contributed by atoms with van der Waals surface area (Å²) >= 11 is 0. The maximum Gasteiger partial charge on any atom is 0.238 e. The summed E-state index contributed by atoms with van der Waals surface area (Å²) in [5.74, 6) is 1.48. The minimum Gasteiger partial charge on any atom is -0.461 e. The normalized spacial score (nSPS) is 16.7. The monoisotopic (exact) mass is 380 g/mol. The lowest BCUT2D eigenvalue weighted by Gasteiger charge is -2.36. The van der Waals surface area contributed by atoms with E-state index in [1.165, 1.54) is 11.1 Å². The minimum absolute atomic E-state index is 0.0741. The number of amides is 1. The number of furan rings is 1. The van der Waals surface area contributed by atoms with Crippen LogP contribution in [0, 0.1) is 0 Å². The molecule has 0 aliphatic carbocycles. The van der Waals surface area contributed by atoms with Crippen LogP contribution in [-0.2, 0) is 24.2 Å². The highest BCUT2D eigenvalue weighted by atomic mass is 16.5. The minimum atomic E-state index is 0.0741. The highest BCUT2D eigenvalue weighted by molar-refractivity contribution is 5.76. The molecule has 0 saturated carbocycles. The van der Waals surface area contributed by atoms with Gasteiger partial charge in [-0.25, -0.2) is 0 Å². The molecule has 0 unspecified atom stereocenters. The van der Waals surface area contributed by atoms with Gasteiger partial charge in [0.15, 0.2) is 5.76 Å². The third kappa shape index (κ3) is 3.99. The van der Waals surface area contributed by atoms with Crippen molar-refractivity contribution in [1.82, 2.24) is 19.9 Å². The Labute approximate surface area is 163 Å². The molecule has 7 heteroatoms. The zero-order chi connectivity index (χ0) is 19.5. The number of fused-ring (bicyclic) bond motifs is 1. The summed E-state index contributed by atoms with van der Waals surface area (Å²) in [6.45, 7) is 1.62. The van der Waals surface area contributed by atoms with E-state index in [1.54, 1.807) is 23.3 Å². The second-order valence-corrected chi connectivity index (χ2v) is 7.31. The number of nitrogens with zero attached hydrogens (tertiary/aromatic N) is 4. The Bertz CT molecular complexity index is 935. The van der Waals surface area contributed by atoms with Crippen molar-refractivity contribution in [3.05, 3.63) is 59.7 Å². The lowest BCUT2D eigenvalue weighted by Crippen LogP contribution is -2.46. The van der Waals surface area contributed by atoms with Crippen molar-refractivity contribution in [3.63, 3.8) is 0 Å². The van der Waals surface area contributed by atoms with Crippen LogP contribution in [-0.4, -0.2) is 52.5 Å². The topological polar surface area (TPSA) is 75.6 Å². The molecule has 1 amide bonds. The summed E-state index contributed by atoms with van der Waals surface area (Å²) < 4.78 is 10.5. The Morgan fingerprint density at radius 2 is 2.07 bits per heavy atom. The first kappa shape index (κ1) is 18.4. The zero-order valence-corrected chi connectivity index (χ0v) is 16.2. The second kappa shape index (κ2) is 7.98. The molecule has 0 spiro atoms. The molecule has 1 aromatic carbocycles. The van der Waals surface area contributed by atoms with Crippen molar-refractivity contribution in [1.29, 1.82) is 0 Å². The third-order valence-electron chi connectivity index (χ3n) is 5.29. The van der Waals surface area contributed by atoms with Crippen LogP contribution >= 0.6 is 0 Å². The lowest BCUT2D eigenvalue weighted by molar-refractivity contribution is -0.130. The van der Waals surface area contributed by atoms with Crippen molar-refractivity contribution in [2.45, 2.75) is 31.8 Å². The highest BCUT2D eigenvalue weighted by Gasteiger charge is 2.25. The molecule has 0 N–H and O–H groups in total. The number of hydrogen-bond acceptors (Lipinski definition) is 6. The first-order valence-corrected chi connectivity index (χ1v) is 9.47. The molecule has 1 atom stereocenters. The molecule has 1 aliphatic heterocycles. The quantitative estimate of drug-likeness (QED) is 0.655. The lowest BCUT2D eigenvalue weighted by atomic mass is 9.94. The van der Waals surface area contributed by atoms with E-state index >= 15 is 0 Å². The average Bonchev–Trinajstić information content (AvgIpc) is 3.38. The van der Waals surface area contributed by atoms with Crippen LogP contribution in [0.4, 0.5) is 0 Å². The zero-order valence-electron chi connectivity index (χ0n) is 16.2. The molecular formula is C21H24N4O3. The van der Waals surface area contributed by atoms with Crippen LogP contribution in [0.2, 0.25) is 0 Å². The molecule has 2 aromatic heterocycles. The van der Waals surface area contributed by atoms with Crippen LogP contribution in [0.5, 0.6) is 0 Å². The summed E-state index contributed by atoms with van der Waals surface area (Å²) in [5, 5.41) is 3.89. The number of benzene rings is 1. The molecule has 0 fully saturated rings. The first-order chi connectivity index (χ1) is 13.6. The van der Waals surface area contributed by atoms with Crippen molar-refractivity contribution in [2.75, 3.05) is 20.6 Å². The van der Waals surface area contributed by atoms with Crippen molar-refractivity contribution >= 4 is 5.91 Å². The Balaban J connectivity index is 1.30. The predicted octanol–water partition coefficient (Wildman–Crippen LogP) is 2.78. The van der Waals surface area contributed by atoms with E-state index in [2.05, 4.69) is 46.4 Å². The van der Waals surface area contributed by atoms with Gasteiger partial charge < -0.3 is 13.8 Å². The van der Waals surface area contributed by atoms with Gasteiger partial charge in [-0.3, -0.25) is 9.69 Å². The van der Waals surface area contributed by atoms with E-state index < -0.39 is 0 Å². The molecule has 0 radical (unpaired) electrons. The molecule has 4 rings (SSSR count). The Hall–Kier alpha value is -2.93. The van der Waals surface area contributed by atoms with E-state index in [1.807, 2.05) is 7.05 Å². The number of aromatic nitrogens is 2. The number of carbonyl (C=O) groups excluding carboxylic acids is 1. The SMILES string of the molecule is CN(C[C@@H]1Cc2ccccc2CN1C)C(=O)CCc1nc(-c2ccco2)no1. The van der Waals surface area contributed by atoms with Gasteiger partial charge in [0, 0.05) is 39.0 Å². The van der Waals surface area contributed by atoms with E-state index in [0.717, 1.165) is 13.0 Å². The van der Waals surface area contributed by atoms with E-state index in [0.29, 0.717) is 42.9 Å². The number of likely N-dealkylation sites (N-methyl/N-ethyl adjacent to an activating group) is 2. The molecule has 0 saturated heterocycles. The maximum absolute atomic E-state index is 12.6. The van der Waals surface area contributed by atoms with Crippen molar-refractivity contribution in [2.24, 2.45) is 0 Å². The average molecular weight is 380 g/mol. The van der Waals surface area contributed by atoms with E-state index in [-0.39, 0.29) is 5.91 Å². The summed E-state index contributed by atoms with van der Waals surface area (Å²) in [4.78, 5) is 21.0. The predicted molar refractivity (Wildman–Crippen MR) is 103 cm³/mol. The molecule has 28 heavy (non-hydrogen) atoms. The summed E-state index contributed by atoms with van der Waals surface area (Å²) in [7, 11) is 3.98. The van der Waals surface area contributed by atoms with Gasteiger partial charge in [0.25, 0.3) is 0 Å². The van der Waals surface area contributed by atoms with Crippen LogP contribution in [0.1, 0.15) is 23.4 Å². The Morgan fingerprint density at radius 3 is 2.86 bits per heavy atom. The van der Waals surface area contributed by atoms with E-state index in [9.17, 15) is 4.79 Å². The third-order valence-corrected chi connectivity index (χ3v) is 5.29. The number of hydrogen-bond donors (Lipinski definition) is 0. The largest absolute Gasteiger partial charge is 0.461 e. The van der Waals surface area contributed by atoms with Gasteiger partial charge in [-0.2, -0.15) is 4.98 Å². The van der Waals surface area contributed by atoms with Gasteiger partial charge in [-0.1, -0.05) is 29.4 Å². The van der Waals surface area contributed by atoms with Gasteiger partial charge in [-0.15, -0.1) is 0 Å². The van der Waals surface area contributed by atoms with Gasteiger partial charge in [0.2, 0.25) is 17.6 Å². The molecule has 1 aliphatic rings. The molecule has 146 valence electrons. The van der Waals surface area contributed by atoms with Gasteiger partial charge in [-0.05, 0) is 36.7 Å². The summed E-state index contributed by atoms with van der Waals surface area (Å²) in [6.07, 6.45) is 3.27. The standard InChI is InChI=1S/C21H24N4O3/c1-24-13-16-7-4-3-6-15(16)12-17(24)14-25(2)20(26)10-9-19-22-21(23-28-19)18-8-5-11-27-18/h3-8,11,17H,9-10,12-14H2,1-2H3/t17-/m0/s1. The smallest absolute Gasteiger partial charge is 0.238 e. The molecular weight excluding hydrogens is 356 g/mol. The molecule has 3 aromatic rings. The second-order valence-electron chi connectivity index (χ2n) is 7.31. The first-order valence-electron chi connectivity index (χ1n) is 9.47. The highest BCUT2D eigenvalue weighted by Crippen LogP contribution is 2.22. The molecule has 0 bridgehead atoms. The van der Waals surface area contributed by atoms with Crippen LogP contribution in [0.25, 0.3) is 11.6 Å². The van der Waals surface area contributed by atoms with Crippen LogP contribution in [0.3, 0.4) is 0 Å². The van der Waals surface area contributed by atoms with Crippen LogP contribution in [0.15, 0.2) is 51.6 Å². The fourth-order valence-corrected chi connectivity index (χ4v) is 3.61. The molecule has 7 nitrogen and oxygen atoms in total. The van der Waals surface area contributed by atoms with Crippen molar-refractivity contribution in [3.8, 4) is 11.6 Å². The number of rotatable bonds is 6. The number of aryl methyl sites for hydroxylation is 1. The summed E-state index contributed by atoms with van der Waals surface area (Å²) in [6, 6.07) is 12.4. The fraction of sp³-hybridized carbons (Fsp3) is 0.381. The van der Waals surface area contributed by atoms with Gasteiger partial charge >= 0.3 is 0 Å². The van der Waals surface area contributed by atoms with E-state index in [4.69, 9.17) is 8.94 Å². The fourth-order valence-electron chi connectivity index (χ4n) is 3.61. The van der Waals surface area contributed by atoms with Crippen molar-refractivity contribution < 1.29 is 13.7 Å². The Morgan fingerprint density at radius 1 is 1.25 bits per heavy atom.